The van der Waals surface area contributed by atoms with Gasteiger partial charge in [0.1, 0.15) is 17.8 Å². The van der Waals surface area contributed by atoms with Crippen LogP contribution in [-0.4, -0.2) is 45.7 Å². The number of rotatable bonds is 2. The minimum atomic E-state index is -4.49. The maximum Gasteiger partial charge on any atom is 0.433 e. The van der Waals surface area contributed by atoms with Crippen LogP contribution in [0, 0.1) is 0 Å². The molecule has 0 saturated carbocycles. The summed E-state index contributed by atoms with van der Waals surface area (Å²) in [6.07, 6.45) is -2.06. The van der Waals surface area contributed by atoms with Crippen LogP contribution in [0.1, 0.15) is 5.69 Å². The second-order valence-corrected chi connectivity index (χ2v) is 6.60. The molecule has 0 bridgehead atoms. The van der Waals surface area contributed by atoms with E-state index in [1.165, 1.54) is 10.9 Å². The molecule has 10 heteroatoms. The zero-order chi connectivity index (χ0) is 19.9. The molecule has 0 atom stereocenters. The number of fused-ring (bicyclic) bond motifs is 1. The van der Waals surface area contributed by atoms with Crippen LogP contribution in [0.2, 0.25) is 0 Å². The van der Waals surface area contributed by atoms with Gasteiger partial charge in [-0.2, -0.15) is 13.2 Å². The third kappa shape index (κ3) is 3.37. The topological polar surface area (TPSA) is 67.2 Å². The largest absolute Gasteiger partial charge is 0.433 e. The summed E-state index contributed by atoms with van der Waals surface area (Å²) in [5.74, 6) is 0.269. The molecule has 0 aliphatic carbocycles. The van der Waals surface area contributed by atoms with Gasteiger partial charge < -0.3 is 14.4 Å². The van der Waals surface area contributed by atoms with E-state index < -0.39 is 11.9 Å². The summed E-state index contributed by atoms with van der Waals surface area (Å²) in [4.78, 5) is 27.6. The lowest BCUT2D eigenvalue weighted by Crippen LogP contribution is -2.47. The van der Waals surface area contributed by atoms with E-state index in [9.17, 15) is 18.0 Å². The Morgan fingerprint density at radius 3 is 2.39 bits per heavy atom. The van der Waals surface area contributed by atoms with Gasteiger partial charge in [0.05, 0.1) is 17.2 Å². The number of piperazine rings is 1. The maximum absolute atomic E-state index is 12.9. The van der Waals surface area contributed by atoms with Crippen molar-refractivity contribution >= 4 is 22.4 Å². The van der Waals surface area contributed by atoms with Crippen molar-refractivity contribution in [2.75, 3.05) is 36.0 Å². The van der Waals surface area contributed by atoms with Crippen molar-refractivity contribution in [2.45, 2.75) is 6.18 Å². The fraction of sp³-hybridized carbons (Fsp3) is 0.333. The number of hydrogen-bond donors (Lipinski definition) is 0. The lowest BCUT2D eigenvalue weighted by molar-refractivity contribution is -0.141. The number of hydrogen-bond acceptors (Lipinski definition) is 6. The zero-order valence-corrected chi connectivity index (χ0v) is 15.0. The summed E-state index contributed by atoms with van der Waals surface area (Å²) >= 11 is 0. The van der Waals surface area contributed by atoms with Gasteiger partial charge in [-0.05, 0) is 18.2 Å². The first-order valence-electron chi connectivity index (χ1n) is 8.67. The molecule has 1 aliphatic heterocycles. The second-order valence-electron chi connectivity index (χ2n) is 6.60. The first-order chi connectivity index (χ1) is 13.3. The van der Waals surface area contributed by atoms with E-state index in [2.05, 4.69) is 19.9 Å². The zero-order valence-electron chi connectivity index (χ0n) is 15.0. The van der Waals surface area contributed by atoms with Crippen LogP contribution >= 0.6 is 0 Å². The van der Waals surface area contributed by atoms with Gasteiger partial charge in [-0.25, -0.2) is 15.0 Å². The van der Waals surface area contributed by atoms with Crippen molar-refractivity contribution < 1.29 is 13.2 Å². The molecule has 7 nitrogen and oxygen atoms in total. The van der Waals surface area contributed by atoms with E-state index in [0.29, 0.717) is 37.1 Å². The van der Waals surface area contributed by atoms with Gasteiger partial charge in [-0.1, -0.05) is 0 Å². The van der Waals surface area contributed by atoms with Crippen LogP contribution in [0.15, 0.2) is 41.7 Å². The van der Waals surface area contributed by atoms with Crippen molar-refractivity contribution in [1.82, 2.24) is 19.5 Å². The van der Waals surface area contributed by atoms with E-state index in [0.717, 1.165) is 18.1 Å². The molecule has 146 valence electrons. The number of nitrogens with zero attached hydrogens (tertiary/aromatic N) is 6. The molecule has 2 aromatic heterocycles. The van der Waals surface area contributed by atoms with E-state index in [1.807, 2.05) is 17.0 Å². The Morgan fingerprint density at radius 2 is 1.68 bits per heavy atom. The van der Waals surface area contributed by atoms with Crippen LogP contribution in [-0.2, 0) is 13.2 Å². The molecule has 3 aromatic rings. The highest BCUT2D eigenvalue weighted by Crippen LogP contribution is 2.29. The number of alkyl halides is 3. The molecule has 0 radical (unpaired) electrons. The van der Waals surface area contributed by atoms with E-state index in [-0.39, 0.29) is 11.4 Å². The first-order valence-corrected chi connectivity index (χ1v) is 8.67. The van der Waals surface area contributed by atoms with Gasteiger partial charge in [0.25, 0.3) is 5.56 Å². The number of anilines is 2. The van der Waals surface area contributed by atoms with E-state index in [1.54, 1.807) is 13.1 Å². The summed E-state index contributed by atoms with van der Waals surface area (Å²) in [7, 11) is 1.65. The number of aromatic nitrogens is 4. The lowest BCUT2D eigenvalue weighted by Gasteiger charge is -2.36. The minimum Gasteiger partial charge on any atom is -0.368 e. The van der Waals surface area contributed by atoms with Gasteiger partial charge in [-0.3, -0.25) is 4.79 Å². The van der Waals surface area contributed by atoms with Gasteiger partial charge in [0, 0.05) is 45.0 Å². The van der Waals surface area contributed by atoms with Crippen LogP contribution in [0.5, 0.6) is 0 Å². The molecule has 28 heavy (non-hydrogen) atoms. The fourth-order valence-corrected chi connectivity index (χ4v) is 3.26. The number of halogens is 3. The molecular formula is C18H17F3N6O. The molecular weight excluding hydrogens is 373 g/mol. The molecule has 1 fully saturated rings. The Labute approximate surface area is 158 Å². The van der Waals surface area contributed by atoms with Crippen molar-refractivity contribution in [2.24, 2.45) is 7.05 Å². The summed E-state index contributed by atoms with van der Waals surface area (Å²) in [5, 5.41) is 0.549. The molecule has 0 amide bonds. The molecule has 0 unspecified atom stereocenters. The van der Waals surface area contributed by atoms with Crippen LogP contribution < -0.4 is 15.4 Å². The molecule has 4 rings (SSSR count). The first kappa shape index (κ1) is 18.2. The van der Waals surface area contributed by atoms with Gasteiger partial charge >= 0.3 is 6.18 Å². The Morgan fingerprint density at radius 1 is 0.964 bits per heavy atom. The summed E-state index contributed by atoms with van der Waals surface area (Å²) in [6, 6.07) is 6.46. The Bertz CT molecular complexity index is 1070. The summed E-state index contributed by atoms with van der Waals surface area (Å²) in [5.41, 5.74) is 0.493. The lowest BCUT2D eigenvalue weighted by atomic mass is 10.2. The molecule has 0 spiro atoms. The second kappa shape index (κ2) is 6.77. The predicted molar refractivity (Wildman–Crippen MR) is 98.4 cm³/mol. The van der Waals surface area contributed by atoms with Crippen molar-refractivity contribution in [3.05, 3.63) is 53.0 Å². The van der Waals surface area contributed by atoms with Crippen molar-refractivity contribution in [3.8, 4) is 0 Å². The monoisotopic (exact) mass is 390 g/mol. The summed E-state index contributed by atoms with van der Waals surface area (Å²) in [6.45, 7) is 2.27. The Balaban J connectivity index is 1.51. The maximum atomic E-state index is 12.9. The van der Waals surface area contributed by atoms with Gasteiger partial charge in [0.15, 0.2) is 0 Å². The highest BCUT2D eigenvalue weighted by atomic mass is 19.4. The normalized spacial score (nSPS) is 15.3. The minimum absolute atomic E-state index is 0.106. The summed E-state index contributed by atoms with van der Waals surface area (Å²) < 4.78 is 40.0. The number of aryl methyl sites for hydroxylation is 1. The van der Waals surface area contributed by atoms with E-state index >= 15 is 0 Å². The van der Waals surface area contributed by atoms with Crippen LogP contribution in [0.4, 0.5) is 24.7 Å². The quantitative estimate of drug-likeness (QED) is 0.668. The van der Waals surface area contributed by atoms with E-state index in [4.69, 9.17) is 0 Å². The van der Waals surface area contributed by atoms with Gasteiger partial charge in [0.2, 0.25) is 0 Å². The average molecular weight is 390 g/mol. The Hall–Kier alpha value is -3.17. The van der Waals surface area contributed by atoms with Crippen LogP contribution in [0.25, 0.3) is 10.9 Å². The van der Waals surface area contributed by atoms with Crippen molar-refractivity contribution in [3.63, 3.8) is 0 Å². The SMILES string of the molecule is Cn1cnc2cc(N3CCN(c4cc(C(F)(F)F)ncn4)CC3)ccc2c1=O. The van der Waals surface area contributed by atoms with Crippen LogP contribution in [0.3, 0.4) is 0 Å². The molecule has 1 saturated heterocycles. The third-order valence-electron chi connectivity index (χ3n) is 4.81. The molecule has 3 heterocycles. The fourth-order valence-electron chi connectivity index (χ4n) is 3.26. The third-order valence-corrected chi connectivity index (χ3v) is 4.81. The van der Waals surface area contributed by atoms with Gasteiger partial charge in [-0.15, -0.1) is 0 Å². The average Bonchev–Trinajstić information content (AvgIpc) is 2.70. The highest BCUT2D eigenvalue weighted by Gasteiger charge is 2.33. The number of benzene rings is 1. The predicted octanol–water partition coefficient (Wildman–Crippen LogP) is 2.07. The standard InChI is InChI=1S/C18H17F3N6O/c1-25-11-24-14-8-12(2-3-13(14)17(25)28)26-4-6-27(7-5-26)16-9-15(18(19,20)21)22-10-23-16/h2-3,8-11H,4-7H2,1H3. The molecule has 1 aromatic carbocycles. The molecule has 0 N–H and O–H groups in total. The Kier molecular flexibility index (Phi) is 4.40. The molecule has 1 aliphatic rings. The highest BCUT2D eigenvalue weighted by molar-refractivity contribution is 5.81. The van der Waals surface area contributed by atoms with Crippen molar-refractivity contribution in [1.29, 1.82) is 0 Å². The smallest absolute Gasteiger partial charge is 0.368 e.